The molecule has 2 atom stereocenters. The third-order valence-electron chi connectivity index (χ3n) is 6.25. The van der Waals surface area contributed by atoms with Crippen LogP contribution in [0.1, 0.15) is 25.1 Å². The fourth-order valence-corrected chi connectivity index (χ4v) is 4.86. The fraction of sp³-hybridized carbons (Fsp3) is 0.346. The van der Waals surface area contributed by atoms with Gasteiger partial charge in [0.15, 0.2) is 5.82 Å². The van der Waals surface area contributed by atoms with Crippen molar-refractivity contribution in [3.05, 3.63) is 70.6 Å². The molecule has 2 unspecified atom stereocenters. The first-order chi connectivity index (χ1) is 16.9. The molecule has 1 aromatic heterocycles. The van der Waals surface area contributed by atoms with E-state index in [1.165, 1.54) is 18.2 Å². The number of ether oxygens (including phenoxy) is 1. The molecule has 3 heterocycles. The lowest BCUT2D eigenvalue weighted by atomic mass is 10.0. The number of nitrogens with zero attached hydrogens (tertiary/aromatic N) is 4. The van der Waals surface area contributed by atoms with Gasteiger partial charge in [0.2, 0.25) is 0 Å². The van der Waals surface area contributed by atoms with E-state index in [0.29, 0.717) is 44.1 Å². The lowest BCUT2D eigenvalue weighted by molar-refractivity contribution is -0.00556. The first-order valence-corrected chi connectivity index (χ1v) is 12.1. The van der Waals surface area contributed by atoms with Gasteiger partial charge < -0.3 is 19.9 Å². The summed E-state index contributed by atoms with van der Waals surface area (Å²) in [6.45, 7) is 6.42. The number of halogens is 2. The molecule has 2 aliphatic heterocycles. The van der Waals surface area contributed by atoms with Gasteiger partial charge in [-0.15, -0.1) is 0 Å². The molecular formula is C26H27ClFN5O2. The molecule has 5 rings (SSSR count). The van der Waals surface area contributed by atoms with Gasteiger partial charge in [-0.25, -0.2) is 19.2 Å². The number of rotatable bonds is 3. The van der Waals surface area contributed by atoms with Crippen molar-refractivity contribution < 1.29 is 13.9 Å². The molecule has 1 saturated heterocycles. The van der Waals surface area contributed by atoms with Gasteiger partial charge >= 0.3 is 6.03 Å². The Hall–Kier alpha value is -3.23. The van der Waals surface area contributed by atoms with Crippen molar-refractivity contribution in [3.63, 3.8) is 0 Å². The Bertz CT molecular complexity index is 1230. The normalized spacial score (nSPS) is 19.9. The molecule has 9 heteroatoms. The van der Waals surface area contributed by atoms with Crippen LogP contribution in [0.2, 0.25) is 5.02 Å². The smallest absolute Gasteiger partial charge is 0.322 e. The number of carbonyl (C=O) groups is 1. The molecule has 1 N–H and O–H groups in total. The summed E-state index contributed by atoms with van der Waals surface area (Å²) in [6, 6.07) is 13.8. The predicted molar refractivity (Wildman–Crippen MR) is 134 cm³/mol. The van der Waals surface area contributed by atoms with E-state index in [-0.39, 0.29) is 23.3 Å². The van der Waals surface area contributed by atoms with Crippen LogP contribution in [0.25, 0.3) is 11.4 Å². The predicted octanol–water partition coefficient (Wildman–Crippen LogP) is 5.14. The summed E-state index contributed by atoms with van der Waals surface area (Å²) < 4.78 is 19.4. The van der Waals surface area contributed by atoms with Gasteiger partial charge in [0.25, 0.3) is 0 Å². The van der Waals surface area contributed by atoms with Gasteiger partial charge in [-0.3, -0.25) is 0 Å². The average molecular weight is 496 g/mol. The number of anilines is 2. The maximum absolute atomic E-state index is 13.5. The van der Waals surface area contributed by atoms with E-state index in [9.17, 15) is 9.18 Å². The number of urea groups is 1. The van der Waals surface area contributed by atoms with Crippen molar-refractivity contribution in [3.8, 4) is 11.4 Å². The average Bonchev–Trinajstić information content (AvgIpc) is 2.85. The van der Waals surface area contributed by atoms with Crippen molar-refractivity contribution in [2.75, 3.05) is 29.9 Å². The molecule has 2 aromatic carbocycles. The zero-order chi connectivity index (χ0) is 24.5. The standard InChI is InChI=1S/C26H27ClFN5O2/c1-16-13-33(14-17(2)35-16)25-20-15-32(26(34)29-19-8-9-22(28)21(27)12-19)11-10-23(20)30-24(31-25)18-6-4-3-5-7-18/h3-9,12,16-17H,10-11,13-15H2,1-2H3,(H,29,34). The first-order valence-electron chi connectivity index (χ1n) is 11.7. The molecule has 7 nitrogen and oxygen atoms in total. The number of aromatic nitrogens is 2. The molecule has 0 radical (unpaired) electrons. The Balaban J connectivity index is 1.46. The lowest BCUT2D eigenvalue weighted by Crippen LogP contribution is -2.47. The van der Waals surface area contributed by atoms with Crippen molar-refractivity contribution in [2.45, 2.75) is 39.0 Å². The van der Waals surface area contributed by atoms with Crippen LogP contribution in [0.3, 0.4) is 0 Å². The van der Waals surface area contributed by atoms with E-state index in [2.05, 4.69) is 24.1 Å². The summed E-state index contributed by atoms with van der Waals surface area (Å²) >= 11 is 5.87. The Morgan fingerprint density at radius 1 is 1.11 bits per heavy atom. The highest BCUT2D eigenvalue weighted by Gasteiger charge is 2.31. The van der Waals surface area contributed by atoms with Crippen molar-refractivity contribution in [1.82, 2.24) is 14.9 Å². The molecular weight excluding hydrogens is 469 g/mol. The minimum atomic E-state index is -0.526. The van der Waals surface area contributed by atoms with Crippen LogP contribution in [-0.4, -0.2) is 52.7 Å². The van der Waals surface area contributed by atoms with Crippen LogP contribution in [0.5, 0.6) is 0 Å². The van der Waals surface area contributed by atoms with E-state index in [1.54, 1.807) is 4.90 Å². The van der Waals surface area contributed by atoms with Gasteiger partial charge in [0, 0.05) is 42.9 Å². The van der Waals surface area contributed by atoms with Crippen LogP contribution in [0.4, 0.5) is 20.7 Å². The SMILES string of the molecule is CC1CN(c2nc(-c3ccccc3)nc3c2CN(C(=O)Nc2ccc(F)c(Cl)c2)CC3)CC(C)O1. The molecule has 1 fully saturated rings. The molecule has 3 aromatic rings. The largest absolute Gasteiger partial charge is 0.372 e. The zero-order valence-electron chi connectivity index (χ0n) is 19.7. The number of morpholine rings is 1. The Kier molecular flexibility index (Phi) is 6.58. The van der Waals surface area contributed by atoms with E-state index in [1.807, 2.05) is 30.3 Å². The van der Waals surface area contributed by atoms with Gasteiger partial charge in [0.1, 0.15) is 11.6 Å². The topological polar surface area (TPSA) is 70.6 Å². The van der Waals surface area contributed by atoms with E-state index >= 15 is 0 Å². The van der Waals surface area contributed by atoms with Crippen LogP contribution in [0, 0.1) is 5.82 Å². The second kappa shape index (κ2) is 9.79. The molecule has 2 aliphatic rings. The highest BCUT2D eigenvalue weighted by molar-refractivity contribution is 6.31. The first kappa shape index (κ1) is 23.5. The number of hydrogen-bond donors (Lipinski definition) is 1. The zero-order valence-corrected chi connectivity index (χ0v) is 20.4. The highest BCUT2D eigenvalue weighted by atomic mass is 35.5. The maximum atomic E-state index is 13.5. The van der Waals surface area contributed by atoms with Crippen molar-refractivity contribution >= 4 is 29.1 Å². The number of carbonyl (C=O) groups excluding carboxylic acids is 1. The Morgan fingerprint density at radius 2 is 1.86 bits per heavy atom. The molecule has 0 spiro atoms. The summed E-state index contributed by atoms with van der Waals surface area (Å²) in [4.78, 5) is 26.9. The summed E-state index contributed by atoms with van der Waals surface area (Å²) in [5, 5.41) is 2.79. The number of nitrogens with one attached hydrogen (secondary N) is 1. The number of amides is 2. The highest BCUT2D eigenvalue weighted by Crippen LogP contribution is 2.32. The Labute approximate surface area is 208 Å². The third kappa shape index (κ3) is 5.09. The quantitative estimate of drug-likeness (QED) is 0.544. The van der Waals surface area contributed by atoms with E-state index in [4.69, 9.17) is 26.3 Å². The number of benzene rings is 2. The fourth-order valence-electron chi connectivity index (χ4n) is 4.68. The second-order valence-electron chi connectivity index (χ2n) is 9.05. The van der Waals surface area contributed by atoms with Crippen LogP contribution in [-0.2, 0) is 17.7 Å². The molecule has 35 heavy (non-hydrogen) atoms. The summed E-state index contributed by atoms with van der Waals surface area (Å²) in [5.41, 5.74) is 3.30. The van der Waals surface area contributed by atoms with Gasteiger partial charge in [-0.1, -0.05) is 41.9 Å². The van der Waals surface area contributed by atoms with E-state index < -0.39 is 5.82 Å². The van der Waals surface area contributed by atoms with Crippen molar-refractivity contribution in [1.29, 1.82) is 0 Å². The maximum Gasteiger partial charge on any atom is 0.322 e. The summed E-state index contributed by atoms with van der Waals surface area (Å²) in [6.07, 6.45) is 0.740. The summed E-state index contributed by atoms with van der Waals surface area (Å²) in [7, 11) is 0. The minimum absolute atomic E-state index is 0.0357. The monoisotopic (exact) mass is 495 g/mol. The molecule has 2 amide bonds. The minimum Gasteiger partial charge on any atom is -0.372 e. The van der Waals surface area contributed by atoms with Gasteiger partial charge in [-0.05, 0) is 32.0 Å². The second-order valence-corrected chi connectivity index (χ2v) is 9.46. The number of fused-ring (bicyclic) bond motifs is 1. The van der Waals surface area contributed by atoms with E-state index in [0.717, 1.165) is 22.6 Å². The van der Waals surface area contributed by atoms with Gasteiger partial charge in [-0.2, -0.15) is 0 Å². The van der Waals surface area contributed by atoms with Gasteiger partial charge in [0.05, 0.1) is 29.5 Å². The Morgan fingerprint density at radius 3 is 2.57 bits per heavy atom. The van der Waals surface area contributed by atoms with Crippen molar-refractivity contribution in [2.24, 2.45) is 0 Å². The third-order valence-corrected chi connectivity index (χ3v) is 6.54. The molecule has 182 valence electrons. The number of hydrogen-bond acceptors (Lipinski definition) is 5. The molecule has 0 bridgehead atoms. The summed E-state index contributed by atoms with van der Waals surface area (Å²) in [5.74, 6) is 1.00. The molecule has 0 aliphatic carbocycles. The van der Waals surface area contributed by atoms with Crippen LogP contribution in [0.15, 0.2) is 48.5 Å². The van der Waals surface area contributed by atoms with Crippen LogP contribution < -0.4 is 10.2 Å². The molecule has 0 saturated carbocycles. The lowest BCUT2D eigenvalue weighted by Gasteiger charge is -2.39. The van der Waals surface area contributed by atoms with Crippen LogP contribution >= 0.6 is 11.6 Å².